The highest BCUT2D eigenvalue weighted by Gasteiger charge is 2.28. The minimum absolute atomic E-state index is 0.503. The molecule has 1 aromatic carbocycles. The average molecular weight is 360 g/mol. The van der Waals surface area contributed by atoms with Crippen LogP contribution in [-0.4, -0.2) is 25.2 Å². The highest BCUT2D eigenvalue weighted by Crippen LogP contribution is 2.41. The number of hydrogen-bond donors (Lipinski definition) is 2. The summed E-state index contributed by atoms with van der Waals surface area (Å²) in [5.74, 6) is 2.26. The summed E-state index contributed by atoms with van der Waals surface area (Å²) < 4.78 is 5.35. The summed E-state index contributed by atoms with van der Waals surface area (Å²) in [6, 6.07) is 7.76. The predicted octanol–water partition coefficient (Wildman–Crippen LogP) is 4.19. The predicted molar refractivity (Wildman–Crippen MR) is 101 cm³/mol. The third-order valence-corrected chi connectivity index (χ3v) is 5.22. The van der Waals surface area contributed by atoms with E-state index in [1.165, 1.54) is 0 Å². The maximum absolute atomic E-state index is 11.1. The molecule has 1 aliphatic rings. The van der Waals surface area contributed by atoms with Gasteiger partial charge in [0.1, 0.15) is 17.7 Å². The zero-order valence-electron chi connectivity index (χ0n) is 15.2. The fourth-order valence-electron chi connectivity index (χ4n) is 3.68. The van der Waals surface area contributed by atoms with Crippen molar-refractivity contribution in [2.24, 2.45) is 0 Å². The topological polar surface area (TPSA) is 87.8 Å². The van der Waals surface area contributed by atoms with Crippen LogP contribution in [0.5, 0.6) is 0 Å². The summed E-state index contributed by atoms with van der Waals surface area (Å²) in [6.07, 6.45) is 4.91. The van der Waals surface area contributed by atoms with Crippen LogP contribution in [0.15, 0.2) is 41.2 Å². The highest BCUT2D eigenvalue weighted by atomic mass is 16.5. The molecule has 0 aliphatic heterocycles. The normalized spacial score (nSPS) is 15.4. The van der Waals surface area contributed by atoms with Gasteiger partial charge in [0.05, 0.1) is 16.7 Å². The number of nitrogens with one attached hydrogen (secondary N) is 1. The van der Waals surface area contributed by atoms with Crippen molar-refractivity contribution in [1.29, 1.82) is 0 Å². The van der Waals surface area contributed by atoms with E-state index in [1.807, 2.05) is 32.0 Å². The Morgan fingerprint density at radius 2 is 2.11 bits per heavy atom. The van der Waals surface area contributed by atoms with Gasteiger partial charge in [-0.05, 0) is 50.5 Å². The van der Waals surface area contributed by atoms with E-state index in [0.29, 0.717) is 5.92 Å². The summed E-state index contributed by atoms with van der Waals surface area (Å²) in [7, 11) is 0. The van der Waals surface area contributed by atoms with Gasteiger partial charge < -0.3 is 14.6 Å². The molecule has 1 fully saturated rings. The molecule has 1 aliphatic carbocycles. The number of imidazole rings is 1. The van der Waals surface area contributed by atoms with E-state index in [4.69, 9.17) is 9.51 Å². The first kappa shape index (κ1) is 16.2. The zero-order valence-corrected chi connectivity index (χ0v) is 15.2. The fourth-order valence-corrected chi connectivity index (χ4v) is 3.68. The first-order valence-corrected chi connectivity index (χ1v) is 9.16. The summed E-state index contributed by atoms with van der Waals surface area (Å²) >= 11 is 0. The number of aryl methyl sites for hydroxylation is 2. The van der Waals surface area contributed by atoms with Gasteiger partial charge in [-0.3, -0.25) is 4.98 Å². The maximum Gasteiger partial charge on any atom is 0.141 e. The number of H-pyrrole nitrogens is 1. The van der Waals surface area contributed by atoms with Gasteiger partial charge in [-0.1, -0.05) is 11.2 Å². The van der Waals surface area contributed by atoms with Crippen molar-refractivity contribution in [2.45, 2.75) is 38.7 Å². The molecular weight excluding hydrogens is 340 g/mol. The molecule has 1 saturated carbocycles. The number of fused-ring (bicyclic) bond motifs is 1. The third kappa shape index (κ3) is 2.73. The Kier molecular flexibility index (Phi) is 3.62. The molecule has 6 heteroatoms. The van der Waals surface area contributed by atoms with Crippen molar-refractivity contribution in [3.8, 4) is 11.1 Å². The smallest absolute Gasteiger partial charge is 0.141 e. The van der Waals surface area contributed by atoms with Gasteiger partial charge in [0, 0.05) is 35.0 Å². The largest absolute Gasteiger partial charge is 0.384 e. The quantitative estimate of drug-likeness (QED) is 0.570. The lowest BCUT2D eigenvalue weighted by Gasteiger charge is -2.13. The highest BCUT2D eigenvalue weighted by molar-refractivity contribution is 5.87. The Bertz CT molecular complexity index is 1110. The minimum Gasteiger partial charge on any atom is -0.384 e. The van der Waals surface area contributed by atoms with Crippen LogP contribution in [0.25, 0.3) is 22.2 Å². The van der Waals surface area contributed by atoms with E-state index in [-0.39, 0.29) is 0 Å². The van der Waals surface area contributed by atoms with Crippen molar-refractivity contribution < 1.29 is 9.63 Å². The van der Waals surface area contributed by atoms with Gasteiger partial charge in [-0.2, -0.15) is 0 Å². The van der Waals surface area contributed by atoms with Gasteiger partial charge >= 0.3 is 0 Å². The Hall–Kier alpha value is -2.99. The molecule has 4 aromatic rings. The van der Waals surface area contributed by atoms with Crippen molar-refractivity contribution in [3.63, 3.8) is 0 Å². The summed E-state index contributed by atoms with van der Waals surface area (Å²) in [6.45, 7) is 3.83. The molecule has 3 aromatic heterocycles. The van der Waals surface area contributed by atoms with Crippen LogP contribution >= 0.6 is 0 Å². The van der Waals surface area contributed by atoms with Crippen molar-refractivity contribution >= 4 is 11.0 Å². The first-order chi connectivity index (χ1) is 13.1. The van der Waals surface area contributed by atoms with Gasteiger partial charge in [0.2, 0.25) is 0 Å². The standard InChI is InChI=1S/C21H20N4O2/c1-11-18(12(2)27-25-11)15-8-16(20(26)14-4-3-7-22-10-14)19-17(9-15)23-21(24-19)13-5-6-13/h3-4,7-10,13,20,26H,5-6H2,1-2H3,(H,23,24). The Balaban J connectivity index is 1.74. The Morgan fingerprint density at radius 3 is 2.78 bits per heavy atom. The van der Waals surface area contributed by atoms with E-state index in [0.717, 1.165) is 63.4 Å². The lowest BCUT2D eigenvalue weighted by molar-refractivity contribution is 0.221. The van der Waals surface area contributed by atoms with E-state index in [1.54, 1.807) is 12.4 Å². The fraction of sp³-hybridized carbons (Fsp3) is 0.286. The molecule has 0 spiro atoms. The van der Waals surface area contributed by atoms with Crippen LogP contribution in [0.3, 0.4) is 0 Å². The number of hydrogen-bond acceptors (Lipinski definition) is 5. The van der Waals surface area contributed by atoms with E-state index in [2.05, 4.69) is 21.2 Å². The number of aromatic nitrogens is 4. The van der Waals surface area contributed by atoms with Gasteiger partial charge in [0.25, 0.3) is 0 Å². The van der Waals surface area contributed by atoms with Gasteiger partial charge in [-0.25, -0.2) is 4.98 Å². The van der Waals surface area contributed by atoms with E-state index in [9.17, 15) is 5.11 Å². The second-order valence-electron chi connectivity index (χ2n) is 7.25. The second-order valence-corrected chi connectivity index (χ2v) is 7.25. The number of benzene rings is 1. The van der Waals surface area contributed by atoms with Crippen LogP contribution in [0.2, 0.25) is 0 Å². The van der Waals surface area contributed by atoms with Crippen LogP contribution in [0, 0.1) is 13.8 Å². The van der Waals surface area contributed by atoms with Crippen LogP contribution in [0.1, 0.15) is 53.3 Å². The van der Waals surface area contributed by atoms with Crippen LogP contribution in [-0.2, 0) is 0 Å². The number of rotatable bonds is 4. The molecule has 1 unspecified atom stereocenters. The third-order valence-electron chi connectivity index (χ3n) is 5.22. The average Bonchev–Trinajstić information content (AvgIpc) is 3.36. The molecular formula is C21H20N4O2. The van der Waals surface area contributed by atoms with E-state index < -0.39 is 6.10 Å². The summed E-state index contributed by atoms with van der Waals surface area (Å²) in [5, 5.41) is 15.2. The first-order valence-electron chi connectivity index (χ1n) is 9.16. The molecule has 3 heterocycles. The van der Waals surface area contributed by atoms with Gasteiger partial charge in [0.15, 0.2) is 0 Å². The Morgan fingerprint density at radius 1 is 1.26 bits per heavy atom. The number of nitrogens with zero attached hydrogens (tertiary/aromatic N) is 3. The maximum atomic E-state index is 11.1. The minimum atomic E-state index is -0.808. The molecule has 1 atom stereocenters. The molecule has 0 bridgehead atoms. The molecule has 0 amide bonds. The SMILES string of the molecule is Cc1noc(C)c1-c1cc(C(O)c2cccnc2)c2nc(C3CC3)[nH]c2c1. The molecule has 136 valence electrons. The number of aliphatic hydroxyl groups excluding tert-OH is 1. The lowest BCUT2D eigenvalue weighted by atomic mass is 9.95. The Labute approximate surface area is 156 Å². The van der Waals surface area contributed by atoms with Crippen molar-refractivity contribution in [2.75, 3.05) is 0 Å². The van der Waals surface area contributed by atoms with Crippen LogP contribution in [0.4, 0.5) is 0 Å². The van der Waals surface area contributed by atoms with Gasteiger partial charge in [-0.15, -0.1) is 0 Å². The molecule has 0 radical (unpaired) electrons. The van der Waals surface area contributed by atoms with Crippen molar-refractivity contribution in [1.82, 2.24) is 20.1 Å². The number of aromatic amines is 1. The van der Waals surface area contributed by atoms with E-state index >= 15 is 0 Å². The summed E-state index contributed by atoms with van der Waals surface area (Å²) in [4.78, 5) is 12.4. The zero-order chi connectivity index (χ0) is 18.5. The molecule has 27 heavy (non-hydrogen) atoms. The monoisotopic (exact) mass is 360 g/mol. The molecule has 2 N–H and O–H groups in total. The molecule has 5 rings (SSSR count). The van der Waals surface area contributed by atoms with Crippen LogP contribution < -0.4 is 0 Å². The molecule has 0 saturated heterocycles. The molecule has 6 nitrogen and oxygen atoms in total. The number of pyridine rings is 1. The second kappa shape index (κ2) is 6.03. The van der Waals surface area contributed by atoms with Crippen molar-refractivity contribution in [3.05, 3.63) is 65.1 Å². The summed E-state index contributed by atoms with van der Waals surface area (Å²) in [5.41, 5.74) is 5.98. The number of aliphatic hydroxyl groups is 1. The lowest BCUT2D eigenvalue weighted by Crippen LogP contribution is -2.02.